The molecule has 0 radical (unpaired) electrons. The van der Waals surface area contributed by atoms with Crippen LogP contribution in [0, 0.1) is 0 Å². The smallest absolute Gasteiger partial charge is 0.133 e. The molecule has 0 fully saturated rings. The minimum Gasteiger partial charge on any atom is -0.496 e. The van der Waals surface area contributed by atoms with Crippen LogP contribution in [0.25, 0.3) is 22.5 Å². The van der Waals surface area contributed by atoms with E-state index < -0.39 is 0 Å². The van der Waals surface area contributed by atoms with E-state index in [4.69, 9.17) is 26.8 Å². The van der Waals surface area contributed by atoms with Gasteiger partial charge in [0.15, 0.2) is 0 Å². The number of nitrogens with zero attached hydrogens (tertiary/aromatic N) is 6. The predicted octanol–water partition coefficient (Wildman–Crippen LogP) is 7.95. The van der Waals surface area contributed by atoms with Crippen molar-refractivity contribution in [2.24, 2.45) is 0 Å². The summed E-state index contributed by atoms with van der Waals surface area (Å²) in [6.07, 6.45) is 3.83. The lowest BCUT2D eigenvalue weighted by atomic mass is 10.1. The Morgan fingerprint density at radius 1 is 0.592 bits per heavy atom. The van der Waals surface area contributed by atoms with E-state index in [1.165, 1.54) is 23.3 Å². The molecule has 252 valence electrons. The van der Waals surface area contributed by atoms with Crippen LogP contribution in [0.1, 0.15) is 11.3 Å². The highest BCUT2D eigenvalue weighted by Crippen LogP contribution is 2.29. The van der Waals surface area contributed by atoms with Crippen LogP contribution >= 0.6 is 11.6 Å². The van der Waals surface area contributed by atoms with Crippen LogP contribution in [-0.2, 0) is 6.42 Å². The van der Waals surface area contributed by atoms with Crippen molar-refractivity contribution in [3.8, 4) is 34.0 Å². The summed E-state index contributed by atoms with van der Waals surface area (Å²) in [5.41, 5.74) is 14.4. The highest BCUT2D eigenvalue weighted by Gasteiger charge is 2.09. The fourth-order valence-corrected chi connectivity index (χ4v) is 4.88. The fraction of sp³-hybridized carbons (Fsp3) is 0.179. The van der Waals surface area contributed by atoms with Crippen molar-refractivity contribution in [3.63, 3.8) is 0 Å². The van der Waals surface area contributed by atoms with Gasteiger partial charge in [-0.15, -0.1) is 0 Å². The van der Waals surface area contributed by atoms with E-state index in [2.05, 4.69) is 49.1 Å². The number of benzene rings is 4. The maximum atomic E-state index is 5.80. The summed E-state index contributed by atoms with van der Waals surface area (Å²) in [7, 11) is 11.4. The van der Waals surface area contributed by atoms with Crippen molar-refractivity contribution < 1.29 is 9.47 Å². The number of nitrogens with two attached hydrogens (primary N) is 1. The van der Waals surface area contributed by atoms with Gasteiger partial charge >= 0.3 is 0 Å². The van der Waals surface area contributed by atoms with E-state index in [0.29, 0.717) is 5.15 Å². The first-order valence-corrected chi connectivity index (χ1v) is 15.9. The summed E-state index contributed by atoms with van der Waals surface area (Å²) >= 11 is 5.80. The molecule has 6 rings (SSSR count). The number of hydrogen-bond acceptors (Lipinski definition) is 9. The zero-order chi connectivity index (χ0) is 35.2. The number of methoxy groups -OCH3 is 2. The number of aromatic nitrogens is 4. The monoisotopic (exact) mass is 675 g/mol. The number of rotatable bonds is 8. The third-order valence-corrected chi connectivity index (χ3v) is 7.58. The zero-order valence-electron chi connectivity index (χ0n) is 28.7. The molecule has 2 heterocycles. The molecule has 49 heavy (non-hydrogen) atoms. The second kappa shape index (κ2) is 18.0. The zero-order valence-corrected chi connectivity index (χ0v) is 29.5. The van der Waals surface area contributed by atoms with E-state index in [0.717, 1.165) is 51.8 Å². The Kier molecular flexibility index (Phi) is 13.3. The Morgan fingerprint density at radius 3 is 1.55 bits per heavy atom. The lowest BCUT2D eigenvalue weighted by Gasteiger charge is -2.12. The van der Waals surface area contributed by atoms with Gasteiger partial charge in [0.05, 0.1) is 25.6 Å². The standard InChI is InChI=1S/C20H21N3O.C11H9ClN2O.C8H12N2/c1-23(2)17-10-8-15(9-11-17)12-16-13-19(22-14-21-16)18-6-4-5-7-20(18)24-3;1-15-10-5-3-2-4-8(10)9-6-11(12)14-7-13-9;1-10(2)8-5-3-7(9)4-6-8/h4-11,13-14H,12H2,1-3H3;2-7H,1H3;3-6H,9H2,1-2H3. The highest BCUT2D eigenvalue weighted by molar-refractivity contribution is 6.29. The molecule has 0 unspecified atom stereocenters. The number of ether oxygens (including phenoxy) is 2. The normalized spacial score (nSPS) is 10.1. The number of para-hydroxylation sites is 2. The predicted molar refractivity (Wildman–Crippen MR) is 202 cm³/mol. The SMILES string of the molecule is CN(C)c1ccc(N)cc1.COc1ccccc1-c1cc(Cc2ccc(N(C)C)cc2)ncn1.COc1ccccc1-c1cc(Cl)ncn1. The Morgan fingerprint density at radius 2 is 1.06 bits per heavy atom. The van der Waals surface area contributed by atoms with E-state index in [-0.39, 0.29) is 0 Å². The van der Waals surface area contributed by atoms with Crippen LogP contribution in [0.4, 0.5) is 17.1 Å². The van der Waals surface area contributed by atoms with Gasteiger partial charge in [-0.2, -0.15) is 0 Å². The first-order valence-electron chi connectivity index (χ1n) is 15.5. The van der Waals surface area contributed by atoms with Gasteiger partial charge in [-0.05, 0) is 72.3 Å². The van der Waals surface area contributed by atoms with Crippen LogP contribution in [0.5, 0.6) is 11.5 Å². The topological polar surface area (TPSA) is 103 Å². The molecule has 0 saturated carbocycles. The average Bonchev–Trinajstić information content (AvgIpc) is 3.12. The quantitative estimate of drug-likeness (QED) is 0.127. The Hall–Kier alpha value is -5.67. The molecule has 0 amide bonds. The maximum Gasteiger partial charge on any atom is 0.133 e. The van der Waals surface area contributed by atoms with Gasteiger partial charge in [0.25, 0.3) is 0 Å². The highest BCUT2D eigenvalue weighted by atomic mass is 35.5. The molecule has 0 aliphatic carbocycles. The van der Waals surface area contributed by atoms with E-state index in [9.17, 15) is 0 Å². The van der Waals surface area contributed by atoms with Crippen molar-refractivity contribution in [2.75, 3.05) is 57.9 Å². The van der Waals surface area contributed by atoms with Crippen molar-refractivity contribution in [3.05, 3.63) is 138 Å². The van der Waals surface area contributed by atoms with E-state index in [1.54, 1.807) is 26.6 Å². The van der Waals surface area contributed by atoms with Gasteiger partial charge in [0, 0.05) is 74.6 Å². The summed E-state index contributed by atoms with van der Waals surface area (Å²) < 4.78 is 10.7. The second-order valence-electron chi connectivity index (χ2n) is 11.2. The molecule has 10 heteroatoms. The van der Waals surface area contributed by atoms with E-state index >= 15 is 0 Å². The Balaban J connectivity index is 0.000000184. The summed E-state index contributed by atoms with van der Waals surface area (Å²) in [4.78, 5) is 20.9. The molecule has 0 spiro atoms. The number of halogens is 1. The molecule has 4 aromatic carbocycles. The molecule has 0 aliphatic rings. The van der Waals surface area contributed by atoms with E-state index in [1.807, 2.05) is 112 Å². The van der Waals surface area contributed by atoms with Gasteiger partial charge in [0.1, 0.15) is 29.3 Å². The van der Waals surface area contributed by atoms with Crippen LogP contribution in [0.2, 0.25) is 5.15 Å². The van der Waals surface area contributed by atoms with Gasteiger partial charge in [-0.3, -0.25) is 0 Å². The number of hydrogen-bond donors (Lipinski definition) is 1. The maximum absolute atomic E-state index is 5.80. The van der Waals surface area contributed by atoms with Crippen molar-refractivity contribution in [1.29, 1.82) is 0 Å². The molecule has 2 aromatic heterocycles. The molecule has 9 nitrogen and oxygen atoms in total. The molecule has 6 aromatic rings. The average molecular weight is 676 g/mol. The van der Waals surface area contributed by atoms with Crippen LogP contribution in [0.15, 0.2) is 122 Å². The third kappa shape index (κ3) is 10.7. The van der Waals surface area contributed by atoms with Gasteiger partial charge in [-0.25, -0.2) is 19.9 Å². The summed E-state index contributed by atoms with van der Waals surface area (Å²) in [5.74, 6) is 1.59. The summed E-state index contributed by atoms with van der Waals surface area (Å²) in [5, 5.41) is 0.422. The van der Waals surface area contributed by atoms with Crippen molar-refractivity contribution in [1.82, 2.24) is 19.9 Å². The Labute approximate surface area is 294 Å². The van der Waals surface area contributed by atoms with Gasteiger partial charge < -0.3 is 25.0 Å². The fourth-order valence-electron chi connectivity index (χ4n) is 4.73. The van der Waals surface area contributed by atoms with Crippen LogP contribution < -0.4 is 25.0 Å². The lowest BCUT2D eigenvalue weighted by molar-refractivity contribution is 0.416. The molecule has 0 aliphatic heterocycles. The summed E-state index contributed by atoms with van der Waals surface area (Å²) in [6.45, 7) is 0. The largest absolute Gasteiger partial charge is 0.496 e. The van der Waals surface area contributed by atoms with Crippen LogP contribution in [-0.4, -0.2) is 62.3 Å². The summed E-state index contributed by atoms with van der Waals surface area (Å²) in [6, 6.07) is 35.6. The molecule has 2 N–H and O–H groups in total. The number of anilines is 3. The number of nitrogen functional groups attached to an aromatic ring is 1. The minimum absolute atomic E-state index is 0.422. The lowest BCUT2D eigenvalue weighted by Crippen LogP contribution is -2.08. The second-order valence-corrected chi connectivity index (χ2v) is 11.6. The molecular weight excluding hydrogens is 634 g/mol. The minimum atomic E-state index is 0.422. The molecular formula is C39H42ClN7O2. The molecule has 0 bridgehead atoms. The van der Waals surface area contributed by atoms with Gasteiger partial charge in [0.2, 0.25) is 0 Å². The molecule has 0 atom stereocenters. The van der Waals surface area contributed by atoms with Gasteiger partial charge in [-0.1, -0.05) is 48.0 Å². The molecule has 0 saturated heterocycles. The first-order chi connectivity index (χ1) is 23.7. The van der Waals surface area contributed by atoms with Crippen LogP contribution in [0.3, 0.4) is 0 Å². The third-order valence-electron chi connectivity index (χ3n) is 7.37. The van der Waals surface area contributed by atoms with Crippen molar-refractivity contribution in [2.45, 2.75) is 6.42 Å². The first kappa shape index (κ1) is 36.2. The van der Waals surface area contributed by atoms with Crippen molar-refractivity contribution >= 4 is 28.7 Å². The Bertz CT molecular complexity index is 1900.